The van der Waals surface area contributed by atoms with Crippen LogP contribution in [0.1, 0.15) is 58.1 Å². The minimum Gasteiger partial charge on any atom is -0.360 e. The lowest BCUT2D eigenvalue weighted by Gasteiger charge is -2.59. The van der Waals surface area contributed by atoms with Gasteiger partial charge < -0.3 is 15.2 Å². The van der Waals surface area contributed by atoms with Crippen LogP contribution < -0.4 is 10.6 Å². The smallest absolute Gasteiger partial charge is 0.238 e. The fourth-order valence-electron chi connectivity index (χ4n) is 6.07. The van der Waals surface area contributed by atoms with Crippen molar-refractivity contribution in [3.63, 3.8) is 0 Å². The van der Waals surface area contributed by atoms with E-state index in [1.54, 1.807) is 13.0 Å². The first kappa shape index (κ1) is 19.8. The van der Waals surface area contributed by atoms with Crippen LogP contribution in [0, 0.1) is 30.1 Å². The van der Waals surface area contributed by atoms with E-state index >= 15 is 0 Å². The molecule has 2 atom stereocenters. The second-order valence-electron chi connectivity index (χ2n) is 9.33. The highest BCUT2D eigenvalue weighted by Gasteiger charge is 2.53. The van der Waals surface area contributed by atoms with Crippen LogP contribution in [0.25, 0.3) is 0 Å². The Kier molecular flexibility index (Phi) is 5.47. The van der Waals surface area contributed by atoms with Crippen LogP contribution in [0.2, 0.25) is 0 Å². The van der Waals surface area contributed by atoms with Gasteiger partial charge in [-0.05, 0) is 82.5 Å². The second kappa shape index (κ2) is 7.73. The third kappa shape index (κ3) is 4.09. The van der Waals surface area contributed by atoms with Gasteiger partial charge in [-0.2, -0.15) is 0 Å². The molecule has 0 aliphatic heterocycles. The number of anilines is 1. The van der Waals surface area contributed by atoms with Gasteiger partial charge in [-0.3, -0.25) is 9.59 Å². The molecule has 0 saturated heterocycles. The summed E-state index contributed by atoms with van der Waals surface area (Å²) in [6.45, 7) is 5.78. The number of amides is 2. The zero-order valence-corrected chi connectivity index (χ0v) is 17.8. The van der Waals surface area contributed by atoms with Crippen molar-refractivity contribution < 1.29 is 14.1 Å². The number of carbonyl (C=O) groups excluding carboxylic acids is 2. The van der Waals surface area contributed by atoms with Gasteiger partial charge in [0, 0.05) is 12.1 Å². The summed E-state index contributed by atoms with van der Waals surface area (Å²) in [5.41, 5.74) is 0.308. The van der Waals surface area contributed by atoms with E-state index in [9.17, 15) is 9.59 Å². The van der Waals surface area contributed by atoms with Crippen molar-refractivity contribution in [2.75, 3.05) is 11.1 Å². The first-order chi connectivity index (χ1) is 13.3. The van der Waals surface area contributed by atoms with Gasteiger partial charge in [0.15, 0.2) is 5.82 Å². The van der Waals surface area contributed by atoms with E-state index in [0.29, 0.717) is 22.7 Å². The quantitative estimate of drug-likeness (QED) is 0.721. The van der Waals surface area contributed by atoms with Crippen molar-refractivity contribution in [1.29, 1.82) is 0 Å². The summed E-state index contributed by atoms with van der Waals surface area (Å²) < 4.78 is 4.95. The molecule has 4 fully saturated rings. The zero-order chi connectivity index (χ0) is 19.9. The van der Waals surface area contributed by atoms with Gasteiger partial charge >= 0.3 is 0 Å². The maximum Gasteiger partial charge on any atom is 0.238 e. The second-order valence-corrected chi connectivity index (χ2v) is 10.7. The highest BCUT2D eigenvalue weighted by Crippen LogP contribution is 2.61. The number of aromatic nitrogens is 1. The van der Waals surface area contributed by atoms with Crippen molar-refractivity contribution >= 4 is 29.4 Å². The molecule has 154 valence electrons. The Hall–Kier alpha value is -1.50. The third-order valence-corrected chi connectivity index (χ3v) is 8.24. The standard InChI is InChI=1S/C21H31N3O3S/c1-12-4-18(24-27-12)23-20(26)13(2)28-11-19(25)22-14(3)21-8-15-5-16(9-21)7-17(6-15)10-21/h4,13-17H,5-11H2,1-3H3,(H,22,25)(H,23,24,26). The van der Waals surface area contributed by atoms with Gasteiger partial charge in [0.25, 0.3) is 0 Å². The molecule has 5 rings (SSSR count). The van der Waals surface area contributed by atoms with E-state index in [1.807, 2.05) is 6.92 Å². The van der Waals surface area contributed by atoms with Gasteiger partial charge in [-0.1, -0.05) is 5.16 Å². The number of nitrogens with one attached hydrogen (secondary N) is 2. The molecule has 4 aliphatic rings. The minimum absolute atomic E-state index is 0.0326. The van der Waals surface area contributed by atoms with E-state index in [2.05, 4.69) is 22.7 Å². The first-order valence-electron chi connectivity index (χ1n) is 10.5. The number of aryl methyl sites for hydroxylation is 1. The molecule has 2 amide bonds. The minimum atomic E-state index is -0.336. The molecule has 4 saturated carbocycles. The molecular formula is C21H31N3O3S. The summed E-state index contributed by atoms with van der Waals surface area (Å²) in [7, 11) is 0. The lowest BCUT2D eigenvalue weighted by Crippen LogP contribution is -2.56. The number of nitrogens with zero attached hydrogens (tertiary/aromatic N) is 1. The number of hydrogen-bond acceptors (Lipinski definition) is 5. The summed E-state index contributed by atoms with van der Waals surface area (Å²) in [6, 6.07) is 1.89. The maximum atomic E-state index is 12.5. The van der Waals surface area contributed by atoms with E-state index in [-0.39, 0.29) is 23.1 Å². The maximum absolute atomic E-state index is 12.5. The number of rotatable bonds is 7. The first-order valence-corrected chi connectivity index (χ1v) is 11.5. The average Bonchev–Trinajstić information content (AvgIpc) is 3.03. The van der Waals surface area contributed by atoms with Gasteiger partial charge in [0.05, 0.1) is 11.0 Å². The van der Waals surface area contributed by atoms with E-state index in [0.717, 1.165) is 17.8 Å². The Labute approximate surface area is 170 Å². The molecule has 2 N–H and O–H groups in total. The number of thioether (sulfide) groups is 1. The summed E-state index contributed by atoms with van der Waals surface area (Å²) in [5.74, 6) is 3.86. The Bertz CT molecular complexity index is 712. The van der Waals surface area contributed by atoms with E-state index < -0.39 is 0 Å². The van der Waals surface area contributed by atoms with E-state index in [4.69, 9.17) is 4.52 Å². The van der Waals surface area contributed by atoms with Crippen molar-refractivity contribution in [3.05, 3.63) is 11.8 Å². The van der Waals surface area contributed by atoms with Crippen LogP contribution in [-0.2, 0) is 9.59 Å². The lowest BCUT2D eigenvalue weighted by molar-refractivity contribution is -0.123. The molecular weight excluding hydrogens is 374 g/mol. The van der Waals surface area contributed by atoms with Crippen LogP contribution in [0.5, 0.6) is 0 Å². The van der Waals surface area contributed by atoms with Gasteiger partial charge in [-0.15, -0.1) is 11.8 Å². The Balaban J connectivity index is 1.24. The molecule has 1 heterocycles. The highest BCUT2D eigenvalue weighted by molar-refractivity contribution is 8.01. The molecule has 1 aromatic rings. The molecule has 0 spiro atoms. The van der Waals surface area contributed by atoms with Crippen molar-refractivity contribution in [2.45, 2.75) is 70.6 Å². The Morgan fingerprint density at radius 1 is 1.21 bits per heavy atom. The van der Waals surface area contributed by atoms with E-state index in [1.165, 1.54) is 50.3 Å². The predicted octanol–water partition coefficient (Wildman–Crippen LogP) is 3.76. The summed E-state index contributed by atoms with van der Waals surface area (Å²) >= 11 is 1.36. The monoisotopic (exact) mass is 405 g/mol. The predicted molar refractivity (Wildman–Crippen MR) is 110 cm³/mol. The highest BCUT2D eigenvalue weighted by atomic mass is 32.2. The fourth-order valence-corrected chi connectivity index (χ4v) is 6.77. The summed E-state index contributed by atoms with van der Waals surface area (Å²) in [4.78, 5) is 24.8. The van der Waals surface area contributed by atoms with Crippen LogP contribution in [0.4, 0.5) is 5.82 Å². The molecule has 28 heavy (non-hydrogen) atoms. The molecule has 0 radical (unpaired) electrons. The fraction of sp³-hybridized carbons (Fsp3) is 0.762. The van der Waals surface area contributed by atoms with Crippen LogP contribution >= 0.6 is 11.8 Å². The van der Waals surface area contributed by atoms with Gasteiger partial charge in [0.1, 0.15) is 5.76 Å². The lowest BCUT2D eigenvalue weighted by atomic mass is 9.48. The van der Waals surface area contributed by atoms with Crippen LogP contribution in [0.15, 0.2) is 10.6 Å². The summed E-state index contributed by atoms with van der Waals surface area (Å²) in [6.07, 6.45) is 8.07. The van der Waals surface area contributed by atoms with Crippen LogP contribution in [-0.4, -0.2) is 34.0 Å². The van der Waals surface area contributed by atoms with Crippen molar-refractivity contribution in [1.82, 2.24) is 10.5 Å². The zero-order valence-electron chi connectivity index (χ0n) is 17.0. The van der Waals surface area contributed by atoms with Crippen molar-refractivity contribution in [3.8, 4) is 0 Å². The third-order valence-electron chi connectivity index (χ3n) is 7.09. The normalized spacial score (nSPS) is 32.8. The van der Waals surface area contributed by atoms with Gasteiger partial charge in [-0.25, -0.2) is 0 Å². The summed E-state index contributed by atoms with van der Waals surface area (Å²) in [5, 5.41) is 9.42. The van der Waals surface area contributed by atoms with Gasteiger partial charge in [0.2, 0.25) is 11.8 Å². The SMILES string of the molecule is Cc1cc(NC(=O)C(C)SCC(=O)NC(C)C23CC4CC(CC(C4)C2)C3)no1. The molecule has 2 unspecified atom stereocenters. The molecule has 0 aromatic carbocycles. The largest absolute Gasteiger partial charge is 0.360 e. The van der Waals surface area contributed by atoms with Crippen LogP contribution in [0.3, 0.4) is 0 Å². The molecule has 1 aromatic heterocycles. The topological polar surface area (TPSA) is 84.2 Å². The molecule has 4 aliphatic carbocycles. The molecule has 4 bridgehead atoms. The number of hydrogen-bond donors (Lipinski definition) is 2. The Morgan fingerprint density at radius 3 is 2.36 bits per heavy atom. The average molecular weight is 406 g/mol. The Morgan fingerprint density at radius 2 is 1.82 bits per heavy atom. The number of carbonyl (C=O) groups is 2. The molecule has 6 nitrogen and oxygen atoms in total. The van der Waals surface area contributed by atoms with Crippen molar-refractivity contribution in [2.24, 2.45) is 23.2 Å². The molecule has 7 heteroatoms.